The molecule has 1 rings (SSSR count). The predicted molar refractivity (Wildman–Crippen MR) is 60.7 cm³/mol. The van der Waals surface area contributed by atoms with Crippen molar-refractivity contribution in [1.82, 2.24) is 4.98 Å². The van der Waals surface area contributed by atoms with Crippen LogP contribution in [0.25, 0.3) is 0 Å². The van der Waals surface area contributed by atoms with Crippen molar-refractivity contribution >= 4 is 28.3 Å². The number of hydrogen-bond donors (Lipinski definition) is 3. The molecule has 1 heterocycles. The van der Waals surface area contributed by atoms with Crippen molar-refractivity contribution in [2.24, 2.45) is 5.73 Å². The van der Waals surface area contributed by atoms with Crippen LogP contribution in [0.5, 0.6) is 0 Å². The summed E-state index contributed by atoms with van der Waals surface area (Å²) in [4.78, 5) is 25.5. The quantitative estimate of drug-likeness (QED) is 0.642. The summed E-state index contributed by atoms with van der Waals surface area (Å²) in [5.41, 5.74) is 5.48. The van der Waals surface area contributed by atoms with Crippen molar-refractivity contribution < 1.29 is 14.7 Å². The monoisotopic (exact) mass is 243 g/mol. The SMILES string of the molecule is Cc1nc(NCCCC(N)=O)sc1C(=O)O. The van der Waals surface area contributed by atoms with Crippen molar-refractivity contribution in [2.45, 2.75) is 19.8 Å². The van der Waals surface area contributed by atoms with E-state index in [9.17, 15) is 9.59 Å². The van der Waals surface area contributed by atoms with Gasteiger partial charge in [-0.25, -0.2) is 9.78 Å². The van der Waals surface area contributed by atoms with Gasteiger partial charge in [-0.1, -0.05) is 11.3 Å². The zero-order chi connectivity index (χ0) is 12.1. The van der Waals surface area contributed by atoms with Crippen molar-refractivity contribution in [3.8, 4) is 0 Å². The van der Waals surface area contributed by atoms with E-state index >= 15 is 0 Å². The number of nitrogens with zero attached hydrogens (tertiary/aromatic N) is 1. The van der Waals surface area contributed by atoms with Crippen molar-refractivity contribution in [2.75, 3.05) is 11.9 Å². The fourth-order valence-electron chi connectivity index (χ4n) is 1.13. The number of carbonyl (C=O) groups is 2. The first-order valence-electron chi connectivity index (χ1n) is 4.73. The highest BCUT2D eigenvalue weighted by Crippen LogP contribution is 2.22. The second-order valence-electron chi connectivity index (χ2n) is 3.24. The number of nitrogens with one attached hydrogen (secondary N) is 1. The van der Waals surface area contributed by atoms with E-state index in [2.05, 4.69) is 10.3 Å². The number of aromatic carboxylic acids is 1. The van der Waals surface area contributed by atoms with Crippen LogP contribution < -0.4 is 11.1 Å². The van der Waals surface area contributed by atoms with E-state index in [1.54, 1.807) is 6.92 Å². The second kappa shape index (κ2) is 5.45. The first kappa shape index (κ1) is 12.4. The van der Waals surface area contributed by atoms with Gasteiger partial charge in [0, 0.05) is 13.0 Å². The van der Waals surface area contributed by atoms with Crippen LogP contribution in [-0.4, -0.2) is 28.5 Å². The average molecular weight is 243 g/mol. The molecule has 0 radical (unpaired) electrons. The maximum Gasteiger partial charge on any atom is 0.347 e. The lowest BCUT2D eigenvalue weighted by Crippen LogP contribution is -2.12. The molecule has 16 heavy (non-hydrogen) atoms. The van der Waals surface area contributed by atoms with Gasteiger partial charge in [-0.2, -0.15) is 0 Å². The number of primary amides is 1. The minimum atomic E-state index is -0.972. The van der Waals surface area contributed by atoms with Crippen LogP contribution in [0.3, 0.4) is 0 Å². The van der Waals surface area contributed by atoms with Gasteiger partial charge in [-0.3, -0.25) is 4.79 Å². The van der Waals surface area contributed by atoms with Crippen LogP contribution in [0.4, 0.5) is 5.13 Å². The van der Waals surface area contributed by atoms with E-state index in [1.807, 2.05) is 0 Å². The molecular weight excluding hydrogens is 230 g/mol. The molecule has 0 unspecified atom stereocenters. The normalized spacial score (nSPS) is 10.1. The molecule has 0 aromatic carbocycles. The third-order valence-electron chi connectivity index (χ3n) is 1.87. The number of carboxylic acid groups (broad SMARTS) is 1. The highest BCUT2D eigenvalue weighted by molar-refractivity contribution is 7.17. The van der Waals surface area contributed by atoms with Gasteiger partial charge in [0.2, 0.25) is 5.91 Å². The Morgan fingerprint density at radius 3 is 2.75 bits per heavy atom. The molecule has 0 aliphatic carbocycles. The first-order chi connectivity index (χ1) is 7.50. The average Bonchev–Trinajstić information content (AvgIpc) is 2.54. The van der Waals surface area contributed by atoms with Crippen LogP contribution >= 0.6 is 11.3 Å². The van der Waals surface area contributed by atoms with Crippen molar-refractivity contribution in [3.05, 3.63) is 10.6 Å². The summed E-state index contributed by atoms with van der Waals surface area (Å²) in [5.74, 6) is -1.32. The number of thiazole rings is 1. The standard InChI is InChI=1S/C9H13N3O3S/c1-5-7(8(14)15)16-9(12-5)11-4-2-3-6(10)13/h2-4H2,1H3,(H2,10,13)(H,11,12)(H,14,15). The van der Waals surface area contributed by atoms with Gasteiger partial charge < -0.3 is 16.2 Å². The van der Waals surface area contributed by atoms with Crippen LogP contribution in [-0.2, 0) is 4.79 Å². The van der Waals surface area contributed by atoms with Crippen LogP contribution in [0.1, 0.15) is 28.2 Å². The Morgan fingerprint density at radius 2 is 2.25 bits per heavy atom. The fraction of sp³-hybridized carbons (Fsp3) is 0.444. The molecule has 0 atom stereocenters. The molecule has 0 aliphatic heterocycles. The van der Waals surface area contributed by atoms with E-state index in [-0.39, 0.29) is 10.8 Å². The van der Waals surface area contributed by atoms with E-state index in [0.29, 0.717) is 30.2 Å². The summed E-state index contributed by atoms with van der Waals surface area (Å²) in [5, 5.41) is 12.3. The molecule has 0 spiro atoms. The lowest BCUT2D eigenvalue weighted by atomic mass is 10.3. The number of carboxylic acids is 1. The molecule has 0 bridgehead atoms. The molecule has 1 amide bonds. The molecule has 4 N–H and O–H groups in total. The van der Waals surface area contributed by atoms with E-state index < -0.39 is 5.97 Å². The smallest absolute Gasteiger partial charge is 0.347 e. The number of aryl methyl sites for hydroxylation is 1. The van der Waals surface area contributed by atoms with Crippen LogP contribution in [0.2, 0.25) is 0 Å². The Hall–Kier alpha value is -1.63. The van der Waals surface area contributed by atoms with Crippen LogP contribution in [0.15, 0.2) is 0 Å². The first-order valence-corrected chi connectivity index (χ1v) is 5.55. The topological polar surface area (TPSA) is 105 Å². The summed E-state index contributed by atoms with van der Waals surface area (Å²) in [7, 11) is 0. The molecule has 0 saturated carbocycles. The molecule has 88 valence electrons. The molecule has 6 nitrogen and oxygen atoms in total. The third kappa shape index (κ3) is 3.50. The zero-order valence-corrected chi connectivity index (χ0v) is 9.63. The van der Waals surface area contributed by atoms with Gasteiger partial charge in [0.25, 0.3) is 0 Å². The van der Waals surface area contributed by atoms with E-state index in [1.165, 1.54) is 0 Å². The number of nitrogens with two attached hydrogens (primary N) is 1. The van der Waals surface area contributed by atoms with Gasteiger partial charge >= 0.3 is 5.97 Å². The summed E-state index contributed by atoms with van der Waals surface area (Å²) in [6, 6.07) is 0. The molecule has 0 saturated heterocycles. The highest BCUT2D eigenvalue weighted by Gasteiger charge is 2.13. The van der Waals surface area contributed by atoms with Gasteiger partial charge in [-0.05, 0) is 13.3 Å². The van der Waals surface area contributed by atoms with E-state index in [0.717, 1.165) is 11.3 Å². The Bertz CT molecular complexity index is 403. The third-order valence-corrected chi connectivity index (χ3v) is 2.97. The molecule has 0 aliphatic rings. The molecule has 0 fully saturated rings. The summed E-state index contributed by atoms with van der Waals surface area (Å²) in [6.07, 6.45) is 0.916. The van der Waals surface area contributed by atoms with Crippen molar-refractivity contribution in [1.29, 1.82) is 0 Å². The number of anilines is 1. The predicted octanol–water partition coefficient (Wildman–Crippen LogP) is 0.827. The van der Waals surface area contributed by atoms with Crippen molar-refractivity contribution in [3.63, 3.8) is 0 Å². The van der Waals surface area contributed by atoms with Gasteiger partial charge in [0.05, 0.1) is 5.69 Å². The Labute approximate surface area is 96.5 Å². The maximum atomic E-state index is 10.7. The summed E-state index contributed by atoms with van der Waals surface area (Å²) in [6.45, 7) is 2.20. The molecule has 1 aromatic heterocycles. The van der Waals surface area contributed by atoms with Gasteiger partial charge in [0.1, 0.15) is 4.88 Å². The summed E-state index contributed by atoms with van der Waals surface area (Å²) >= 11 is 1.09. The minimum absolute atomic E-state index is 0.234. The lowest BCUT2D eigenvalue weighted by Gasteiger charge is -1.99. The molecule has 7 heteroatoms. The Balaban J connectivity index is 2.46. The largest absolute Gasteiger partial charge is 0.477 e. The Kier molecular flexibility index (Phi) is 4.24. The number of amides is 1. The summed E-state index contributed by atoms with van der Waals surface area (Å²) < 4.78 is 0. The van der Waals surface area contributed by atoms with E-state index in [4.69, 9.17) is 10.8 Å². The van der Waals surface area contributed by atoms with Gasteiger partial charge in [-0.15, -0.1) is 0 Å². The highest BCUT2D eigenvalue weighted by atomic mass is 32.1. The number of hydrogen-bond acceptors (Lipinski definition) is 5. The lowest BCUT2D eigenvalue weighted by molar-refractivity contribution is -0.118. The maximum absolute atomic E-state index is 10.7. The fourth-order valence-corrected chi connectivity index (χ4v) is 1.96. The minimum Gasteiger partial charge on any atom is -0.477 e. The molecule has 1 aromatic rings. The number of carbonyl (C=O) groups excluding carboxylic acids is 1. The van der Waals surface area contributed by atoms with Gasteiger partial charge in [0.15, 0.2) is 5.13 Å². The van der Waals surface area contributed by atoms with Crippen LogP contribution in [0, 0.1) is 6.92 Å². The second-order valence-corrected chi connectivity index (χ2v) is 4.23. The molecular formula is C9H13N3O3S. The number of rotatable bonds is 6. The number of aromatic nitrogens is 1. The Morgan fingerprint density at radius 1 is 1.56 bits per heavy atom. The zero-order valence-electron chi connectivity index (χ0n) is 8.82.